The number of benzene rings is 1. The molecule has 1 heterocycles. The molecule has 2 unspecified atom stereocenters. The highest BCUT2D eigenvalue weighted by molar-refractivity contribution is 6.31. The van der Waals surface area contributed by atoms with Gasteiger partial charge in [0.15, 0.2) is 0 Å². The normalized spacial score (nSPS) is 13.2. The van der Waals surface area contributed by atoms with E-state index in [2.05, 4.69) is 5.32 Å². The van der Waals surface area contributed by atoms with Gasteiger partial charge in [0.1, 0.15) is 11.4 Å². The molecule has 8 heteroatoms. The van der Waals surface area contributed by atoms with Gasteiger partial charge >= 0.3 is 0 Å². The summed E-state index contributed by atoms with van der Waals surface area (Å²) in [5.74, 6) is -0.839. The molecule has 0 saturated heterocycles. The molecule has 0 bridgehead atoms. The number of aromatic nitrogens is 2. The van der Waals surface area contributed by atoms with Gasteiger partial charge in [0.25, 0.3) is 5.56 Å². The molecule has 0 radical (unpaired) electrons. The lowest BCUT2D eigenvalue weighted by molar-refractivity contribution is -0.133. The minimum atomic E-state index is -1.20. The topological polar surface area (TPSA) is 76.3 Å². The van der Waals surface area contributed by atoms with Crippen molar-refractivity contribution in [3.8, 4) is 5.69 Å². The van der Waals surface area contributed by atoms with E-state index in [0.29, 0.717) is 11.4 Å². The SMILES string of the molecule is Cc1c(C(Cl)C(=O)NC(C)C(=O)N(C)C)c(=O)n(-c2ccccc2)n1C. The van der Waals surface area contributed by atoms with Crippen LogP contribution < -0.4 is 10.9 Å². The Labute approximate surface area is 157 Å². The fraction of sp³-hybridized carbons (Fsp3) is 0.389. The van der Waals surface area contributed by atoms with Crippen LogP contribution in [-0.2, 0) is 16.6 Å². The van der Waals surface area contributed by atoms with Crippen LogP contribution in [0.25, 0.3) is 5.69 Å². The molecule has 7 nitrogen and oxygen atoms in total. The number of carbonyl (C=O) groups excluding carboxylic acids is 2. The Morgan fingerprint density at radius 2 is 1.77 bits per heavy atom. The van der Waals surface area contributed by atoms with Gasteiger partial charge in [-0.15, -0.1) is 11.6 Å². The summed E-state index contributed by atoms with van der Waals surface area (Å²) in [4.78, 5) is 38.7. The molecule has 0 aliphatic heterocycles. The molecule has 1 N–H and O–H groups in total. The Bertz CT molecular complexity index is 871. The van der Waals surface area contributed by atoms with Gasteiger partial charge in [-0.1, -0.05) is 18.2 Å². The fourth-order valence-electron chi connectivity index (χ4n) is 2.75. The maximum Gasteiger partial charge on any atom is 0.276 e. The molecule has 2 amide bonds. The number of alkyl halides is 1. The summed E-state index contributed by atoms with van der Waals surface area (Å²) in [6.07, 6.45) is 0. The van der Waals surface area contributed by atoms with Crippen LogP contribution in [-0.4, -0.2) is 46.2 Å². The number of halogens is 1. The zero-order chi connectivity index (χ0) is 19.6. The second-order valence-corrected chi connectivity index (χ2v) is 6.74. The highest BCUT2D eigenvalue weighted by Gasteiger charge is 2.29. The lowest BCUT2D eigenvalue weighted by atomic mass is 10.1. The van der Waals surface area contributed by atoms with Crippen LogP contribution in [0.15, 0.2) is 35.1 Å². The number of para-hydroxylation sites is 1. The van der Waals surface area contributed by atoms with Crippen LogP contribution in [0, 0.1) is 6.92 Å². The first-order valence-electron chi connectivity index (χ1n) is 8.16. The van der Waals surface area contributed by atoms with Gasteiger partial charge in [-0.2, -0.15) is 0 Å². The number of hydrogen-bond acceptors (Lipinski definition) is 3. The van der Waals surface area contributed by atoms with E-state index in [1.54, 1.807) is 51.8 Å². The summed E-state index contributed by atoms with van der Waals surface area (Å²) in [7, 11) is 4.93. The maximum absolute atomic E-state index is 12.9. The van der Waals surface area contributed by atoms with Crippen molar-refractivity contribution in [2.45, 2.75) is 25.3 Å². The van der Waals surface area contributed by atoms with Gasteiger partial charge in [0, 0.05) is 26.8 Å². The summed E-state index contributed by atoms with van der Waals surface area (Å²) in [5, 5.41) is 1.36. The first-order valence-corrected chi connectivity index (χ1v) is 8.60. The second kappa shape index (κ2) is 7.78. The summed E-state index contributed by atoms with van der Waals surface area (Å²) in [6.45, 7) is 3.30. The maximum atomic E-state index is 12.9. The van der Waals surface area contributed by atoms with E-state index >= 15 is 0 Å². The quantitative estimate of drug-likeness (QED) is 0.798. The minimum absolute atomic E-state index is 0.194. The number of hydrogen-bond donors (Lipinski definition) is 1. The molecule has 1 aromatic heterocycles. The fourth-order valence-corrected chi connectivity index (χ4v) is 3.06. The van der Waals surface area contributed by atoms with Crippen LogP contribution in [0.4, 0.5) is 0 Å². The highest BCUT2D eigenvalue weighted by Crippen LogP contribution is 2.22. The lowest BCUT2D eigenvalue weighted by Crippen LogP contribution is -2.45. The molecule has 0 saturated carbocycles. The molecule has 140 valence electrons. The summed E-state index contributed by atoms with van der Waals surface area (Å²) < 4.78 is 3.12. The Kier molecular flexibility index (Phi) is 5.92. The van der Waals surface area contributed by atoms with E-state index < -0.39 is 17.3 Å². The lowest BCUT2D eigenvalue weighted by Gasteiger charge is -2.19. The molecule has 2 rings (SSSR count). The Balaban J connectivity index is 2.36. The first kappa shape index (κ1) is 19.8. The van der Waals surface area contributed by atoms with Crippen molar-refractivity contribution in [3.05, 3.63) is 51.9 Å². The van der Waals surface area contributed by atoms with Crippen LogP contribution in [0.2, 0.25) is 0 Å². The molecule has 0 spiro atoms. The molecule has 0 aliphatic rings. The van der Waals surface area contributed by atoms with Crippen molar-refractivity contribution < 1.29 is 9.59 Å². The second-order valence-electron chi connectivity index (χ2n) is 6.30. The van der Waals surface area contributed by atoms with Gasteiger partial charge in [0.2, 0.25) is 11.8 Å². The molecule has 0 aliphatic carbocycles. The zero-order valence-electron chi connectivity index (χ0n) is 15.5. The van der Waals surface area contributed by atoms with Crippen molar-refractivity contribution in [3.63, 3.8) is 0 Å². The Morgan fingerprint density at radius 1 is 1.19 bits per heavy atom. The molecule has 26 heavy (non-hydrogen) atoms. The van der Waals surface area contributed by atoms with Crippen molar-refractivity contribution in [1.29, 1.82) is 0 Å². The molecular formula is C18H23ClN4O3. The van der Waals surface area contributed by atoms with Crippen LogP contribution in [0.3, 0.4) is 0 Å². The number of likely N-dealkylation sites (N-methyl/N-ethyl adjacent to an activating group) is 1. The zero-order valence-corrected chi connectivity index (χ0v) is 16.2. The van der Waals surface area contributed by atoms with Crippen LogP contribution in [0.5, 0.6) is 0 Å². The smallest absolute Gasteiger partial charge is 0.276 e. The number of nitrogens with zero attached hydrogens (tertiary/aromatic N) is 3. The summed E-state index contributed by atoms with van der Waals surface area (Å²) in [5.41, 5.74) is 1.09. The van der Waals surface area contributed by atoms with Gasteiger partial charge in [-0.3, -0.25) is 19.1 Å². The van der Waals surface area contributed by atoms with E-state index in [4.69, 9.17) is 11.6 Å². The van der Waals surface area contributed by atoms with Crippen LogP contribution in [0.1, 0.15) is 23.6 Å². The standard InChI is InChI=1S/C18H23ClN4O3/c1-11(17(25)21(3)4)20-16(24)15(19)14-12(2)22(5)23(18(14)26)13-9-7-6-8-10-13/h6-11,15H,1-5H3,(H,20,24). The van der Waals surface area contributed by atoms with Gasteiger partial charge in [-0.25, -0.2) is 4.68 Å². The summed E-state index contributed by atoms with van der Waals surface area (Å²) >= 11 is 6.30. The van der Waals surface area contributed by atoms with Crippen molar-refractivity contribution in [2.24, 2.45) is 7.05 Å². The molecule has 2 aromatic rings. The third-order valence-corrected chi connectivity index (χ3v) is 4.67. The van der Waals surface area contributed by atoms with Crippen molar-refractivity contribution in [1.82, 2.24) is 19.6 Å². The third kappa shape index (κ3) is 3.67. The molecule has 0 fully saturated rings. The average Bonchev–Trinajstić information content (AvgIpc) is 2.83. The highest BCUT2D eigenvalue weighted by atomic mass is 35.5. The van der Waals surface area contributed by atoms with Gasteiger partial charge in [0.05, 0.1) is 11.3 Å². The van der Waals surface area contributed by atoms with Gasteiger partial charge in [-0.05, 0) is 26.0 Å². The Morgan fingerprint density at radius 3 is 2.31 bits per heavy atom. The molecule has 1 aromatic carbocycles. The van der Waals surface area contributed by atoms with Crippen molar-refractivity contribution in [2.75, 3.05) is 14.1 Å². The number of carbonyl (C=O) groups is 2. The minimum Gasteiger partial charge on any atom is -0.347 e. The molecule has 2 atom stereocenters. The first-order chi connectivity index (χ1) is 12.2. The molecular weight excluding hydrogens is 356 g/mol. The van der Waals surface area contributed by atoms with E-state index in [9.17, 15) is 14.4 Å². The van der Waals surface area contributed by atoms with E-state index in [-0.39, 0.29) is 17.0 Å². The van der Waals surface area contributed by atoms with E-state index in [1.165, 1.54) is 9.58 Å². The Hall–Kier alpha value is -2.54. The number of nitrogens with one attached hydrogen (secondary N) is 1. The monoisotopic (exact) mass is 378 g/mol. The largest absolute Gasteiger partial charge is 0.347 e. The number of amides is 2. The third-order valence-electron chi connectivity index (χ3n) is 4.25. The predicted octanol–water partition coefficient (Wildman–Crippen LogP) is 1.36. The van der Waals surface area contributed by atoms with Crippen molar-refractivity contribution >= 4 is 23.4 Å². The number of rotatable bonds is 5. The summed E-state index contributed by atoms with van der Waals surface area (Å²) in [6, 6.07) is 8.36. The van der Waals surface area contributed by atoms with Crippen LogP contribution >= 0.6 is 11.6 Å². The van der Waals surface area contributed by atoms with E-state index in [0.717, 1.165) is 0 Å². The average molecular weight is 379 g/mol. The predicted molar refractivity (Wildman–Crippen MR) is 101 cm³/mol. The van der Waals surface area contributed by atoms with Gasteiger partial charge < -0.3 is 10.2 Å². The van der Waals surface area contributed by atoms with E-state index in [1.807, 2.05) is 18.2 Å².